The van der Waals surface area contributed by atoms with Gasteiger partial charge in [0.05, 0.1) is 6.54 Å². The molecule has 4 N–H and O–H groups in total. The average molecular weight is 232 g/mol. The standard InChI is InChI=1S/C10H20N2O4/c1-3-7(2)11-6-9(14)12-8(4-5-13)10(15)16/h7-8,11,13H,3-6H2,1-2H3,(H,12,14)(H,15,16)/t7?,8-/m0/s1. The maximum absolute atomic E-state index is 11.3. The Morgan fingerprint density at radius 2 is 2.00 bits per heavy atom. The van der Waals surface area contributed by atoms with E-state index >= 15 is 0 Å². The molecule has 16 heavy (non-hydrogen) atoms. The molecule has 0 heterocycles. The van der Waals surface area contributed by atoms with Gasteiger partial charge in [0.25, 0.3) is 0 Å². The average Bonchev–Trinajstić information content (AvgIpc) is 2.25. The van der Waals surface area contributed by atoms with E-state index < -0.39 is 12.0 Å². The second-order valence-corrected chi connectivity index (χ2v) is 3.66. The lowest BCUT2D eigenvalue weighted by molar-refractivity contribution is -0.142. The molecule has 0 saturated carbocycles. The van der Waals surface area contributed by atoms with E-state index in [2.05, 4.69) is 10.6 Å². The van der Waals surface area contributed by atoms with E-state index in [-0.39, 0.29) is 31.5 Å². The molecule has 0 aromatic rings. The number of carbonyl (C=O) groups excluding carboxylic acids is 1. The summed E-state index contributed by atoms with van der Waals surface area (Å²) in [7, 11) is 0. The molecule has 94 valence electrons. The van der Waals surface area contributed by atoms with Crippen LogP contribution in [0.3, 0.4) is 0 Å². The Hall–Kier alpha value is -1.14. The van der Waals surface area contributed by atoms with Crippen molar-refractivity contribution in [1.29, 1.82) is 0 Å². The van der Waals surface area contributed by atoms with Crippen molar-refractivity contribution in [3.63, 3.8) is 0 Å². The number of nitrogens with one attached hydrogen (secondary N) is 2. The van der Waals surface area contributed by atoms with Gasteiger partial charge in [-0.1, -0.05) is 6.92 Å². The monoisotopic (exact) mass is 232 g/mol. The number of carbonyl (C=O) groups is 2. The highest BCUT2D eigenvalue weighted by Gasteiger charge is 2.18. The van der Waals surface area contributed by atoms with E-state index in [1.54, 1.807) is 0 Å². The SMILES string of the molecule is CCC(C)NCC(=O)N[C@@H](CCO)C(=O)O. The van der Waals surface area contributed by atoms with E-state index in [1.165, 1.54) is 0 Å². The minimum atomic E-state index is -1.13. The summed E-state index contributed by atoms with van der Waals surface area (Å²) in [6.07, 6.45) is 0.913. The summed E-state index contributed by atoms with van der Waals surface area (Å²) < 4.78 is 0. The third-order valence-corrected chi connectivity index (χ3v) is 2.27. The fourth-order valence-electron chi connectivity index (χ4n) is 1.04. The van der Waals surface area contributed by atoms with Gasteiger partial charge in [0, 0.05) is 19.1 Å². The molecule has 6 nitrogen and oxygen atoms in total. The molecule has 0 spiro atoms. The van der Waals surface area contributed by atoms with Crippen LogP contribution in [-0.2, 0) is 9.59 Å². The number of carboxylic acids is 1. The number of aliphatic hydroxyl groups excluding tert-OH is 1. The maximum Gasteiger partial charge on any atom is 0.326 e. The number of aliphatic hydroxyl groups is 1. The number of amides is 1. The lowest BCUT2D eigenvalue weighted by atomic mass is 10.2. The van der Waals surface area contributed by atoms with Crippen LogP contribution in [0, 0.1) is 0 Å². The van der Waals surface area contributed by atoms with Crippen molar-refractivity contribution >= 4 is 11.9 Å². The summed E-state index contributed by atoms with van der Waals surface area (Å²) in [6, 6.07) is -0.803. The van der Waals surface area contributed by atoms with Gasteiger partial charge in [0.1, 0.15) is 6.04 Å². The topological polar surface area (TPSA) is 98.7 Å². The molecule has 0 radical (unpaired) electrons. The quantitative estimate of drug-likeness (QED) is 0.445. The van der Waals surface area contributed by atoms with Gasteiger partial charge in [-0.2, -0.15) is 0 Å². The van der Waals surface area contributed by atoms with Crippen molar-refractivity contribution in [3.05, 3.63) is 0 Å². The molecule has 0 aliphatic heterocycles. The first kappa shape index (κ1) is 14.9. The lowest BCUT2D eigenvalue weighted by Gasteiger charge is -2.15. The van der Waals surface area contributed by atoms with Gasteiger partial charge in [-0.3, -0.25) is 4.79 Å². The van der Waals surface area contributed by atoms with Crippen LogP contribution >= 0.6 is 0 Å². The van der Waals surface area contributed by atoms with Gasteiger partial charge in [-0.05, 0) is 13.3 Å². The van der Waals surface area contributed by atoms with E-state index in [9.17, 15) is 9.59 Å². The molecule has 6 heteroatoms. The summed E-state index contributed by atoms with van der Waals surface area (Å²) in [5, 5.41) is 22.6. The van der Waals surface area contributed by atoms with Crippen molar-refractivity contribution in [2.75, 3.05) is 13.2 Å². The van der Waals surface area contributed by atoms with Gasteiger partial charge in [-0.25, -0.2) is 4.79 Å². The Labute approximate surface area is 95.0 Å². The molecule has 0 aliphatic carbocycles. The van der Waals surface area contributed by atoms with Crippen LogP contribution in [0.1, 0.15) is 26.7 Å². The van der Waals surface area contributed by atoms with Crippen LogP contribution in [0.4, 0.5) is 0 Å². The summed E-state index contributed by atoms with van der Waals surface area (Å²) in [4.78, 5) is 22.0. The zero-order valence-electron chi connectivity index (χ0n) is 9.69. The maximum atomic E-state index is 11.3. The van der Waals surface area contributed by atoms with Crippen LogP contribution in [0.15, 0.2) is 0 Å². The fraction of sp³-hybridized carbons (Fsp3) is 0.800. The van der Waals surface area contributed by atoms with Crippen molar-refractivity contribution in [2.45, 2.75) is 38.8 Å². The van der Waals surface area contributed by atoms with E-state index in [4.69, 9.17) is 10.2 Å². The summed E-state index contributed by atoms with van der Waals surface area (Å²) >= 11 is 0. The minimum Gasteiger partial charge on any atom is -0.480 e. The molecule has 0 rings (SSSR count). The number of aliphatic carboxylic acids is 1. The van der Waals surface area contributed by atoms with Crippen molar-refractivity contribution in [2.24, 2.45) is 0 Å². The molecule has 0 aromatic heterocycles. The summed E-state index contributed by atoms with van der Waals surface area (Å²) in [5.41, 5.74) is 0. The van der Waals surface area contributed by atoms with Crippen LogP contribution in [-0.4, -0.2) is 47.3 Å². The Morgan fingerprint density at radius 3 is 2.44 bits per heavy atom. The lowest BCUT2D eigenvalue weighted by Crippen LogP contribution is -2.46. The second-order valence-electron chi connectivity index (χ2n) is 3.66. The van der Waals surface area contributed by atoms with E-state index in [1.807, 2.05) is 13.8 Å². The van der Waals surface area contributed by atoms with Gasteiger partial charge >= 0.3 is 5.97 Å². The zero-order chi connectivity index (χ0) is 12.6. The third kappa shape index (κ3) is 6.36. The molecular formula is C10H20N2O4. The highest BCUT2D eigenvalue weighted by molar-refractivity contribution is 5.84. The molecule has 0 saturated heterocycles. The predicted molar refractivity (Wildman–Crippen MR) is 59.0 cm³/mol. The van der Waals surface area contributed by atoms with E-state index in [0.717, 1.165) is 6.42 Å². The second kappa shape index (κ2) is 8.06. The first-order valence-electron chi connectivity index (χ1n) is 5.37. The molecule has 0 fully saturated rings. The summed E-state index contributed by atoms with van der Waals surface area (Å²) in [5.74, 6) is -1.51. The Kier molecular flexibility index (Phi) is 7.49. The minimum absolute atomic E-state index is 0.0183. The predicted octanol–water partition coefficient (Wildman–Crippen LogP) is -0.674. The van der Waals surface area contributed by atoms with Gasteiger partial charge in [-0.15, -0.1) is 0 Å². The normalized spacial score (nSPS) is 14.2. The smallest absolute Gasteiger partial charge is 0.326 e. The third-order valence-electron chi connectivity index (χ3n) is 2.27. The van der Waals surface area contributed by atoms with Crippen LogP contribution < -0.4 is 10.6 Å². The Bertz CT molecular complexity index is 233. The number of hydrogen-bond acceptors (Lipinski definition) is 4. The highest BCUT2D eigenvalue weighted by atomic mass is 16.4. The molecule has 0 aromatic carbocycles. The first-order chi connectivity index (χ1) is 7.51. The Balaban J connectivity index is 3.95. The molecule has 1 unspecified atom stereocenters. The van der Waals surface area contributed by atoms with Crippen molar-refractivity contribution < 1.29 is 19.8 Å². The van der Waals surface area contributed by atoms with Crippen molar-refractivity contribution in [1.82, 2.24) is 10.6 Å². The number of carboxylic acid groups (broad SMARTS) is 1. The van der Waals surface area contributed by atoms with Crippen LogP contribution in [0.5, 0.6) is 0 Å². The van der Waals surface area contributed by atoms with Gasteiger partial charge in [0.15, 0.2) is 0 Å². The van der Waals surface area contributed by atoms with Gasteiger partial charge in [0.2, 0.25) is 5.91 Å². The zero-order valence-corrected chi connectivity index (χ0v) is 9.69. The largest absolute Gasteiger partial charge is 0.480 e. The highest BCUT2D eigenvalue weighted by Crippen LogP contribution is 1.91. The van der Waals surface area contributed by atoms with Crippen molar-refractivity contribution in [3.8, 4) is 0 Å². The number of hydrogen-bond donors (Lipinski definition) is 4. The molecule has 0 aliphatic rings. The first-order valence-corrected chi connectivity index (χ1v) is 5.37. The van der Waals surface area contributed by atoms with E-state index in [0.29, 0.717) is 0 Å². The molecule has 0 bridgehead atoms. The number of rotatable bonds is 8. The fourth-order valence-corrected chi connectivity index (χ4v) is 1.04. The summed E-state index contributed by atoms with van der Waals surface area (Å²) in [6.45, 7) is 3.75. The Morgan fingerprint density at radius 1 is 1.38 bits per heavy atom. The van der Waals surface area contributed by atoms with Gasteiger partial charge < -0.3 is 20.8 Å². The molecular weight excluding hydrogens is 212 g/mol. The van der Waals surface area contributed by atoms with Crippen LogP contribution in [0.2, 0.25) is 0 Å². The molecule has 2 atom stereocenters. The van der Waals surface area contributed by atoms with Crippen LogP contribution in [0.25, 0.3) is 0 Å². The molecule has 1 amide bonds.